The van der Waals surface area contributed by atoms with E-state index in [4.69, 9.17) is 4.74 Å². The molecular formula is C9H14N4O3S. The van der Waals surface area contributed by atoms with Crippen molar-refractivity contribution in [2.24, 2.45) is 0 Å². The number of carbonyl (C=O) groups excluding carboxylic acids is 1. The number of aromatic nitrogens is 3. The van der Waals surface area contributed by atoms with Crippen LogP contribution in [0.25, 0.3) is 0 Å². The third-order valence-electron chi connectivity index (χ3n) is 1.66. The molecule has 0 aliphatic carbocycles. The van der Waals surface area contributed by atoms with Gasteiger partial charge in [0.2, 0.25) is 5.95 Å². The molecule has 0 unspecified atom stereocenters. The summed E-state index contributed by atoms with van der Waals surface area (Å²) in [5.74, 6) is 0.237. The molecule has 1 aromatic rings. The largest absolute Gasteiger partial charge is 0.468 e. The Balaban J connectivity index is 2.75. The summed E-state index contributed by atoms with van der Waals surface area (Å²) >= 11 is 1.17. The van der Waals surface area contributed by atoms with Gasteiger partial charge in [-0.25, -0.2) is 0 Å². The quantitative estimate of drug-likeness (QED) is 0.585. The Kier molecular flexibility index (Phi) is 5.47. The van der Waals surface area contributed by atoms with Gasteiger partial charge < -0.3 is 14.8 Å². The summed E-state index contributed by atoms with van der Waals surface area (Å²) in [6, 6.07) is 0.211. The van der Waals surface area contributed by atoms with E-state index < -0.39 is 0 Å². The Morgan fingerprint density at radius 3 is 2.71 bits per heavy atom. The van der Waals surface area contributed by atoms with E-state index >= 15 is 0 Å². The van der Waals surface area contributed by atoms with E-state index in [2.05, 4.69) is 25.0 Å². The number of thioether (sulfide) groups is 1. The van der Waals surface area contributed by atoms with E-state index in [0.717, 1.165) is 0 Å². The molecule has 0 atom stereocenters. The molecule has 0 radical (unpaired) electrons. The number of esters is 1. The van der Waals surface area contributed by atoms with Crippen LogP contribution < -0.4 is 10.1 Å². The molecule has 7 nitrogen and oxygen atoms in total. The molecule has 0 aliphatic rings. The minimum absolute atomic E-state index is 0.148. The number of methoxy groups -OCH3 is 2. The second-order valence-corrected chi connectivity index (χ2v) is 3.77. The second-order valence-electron chi connectivity index (χ2n) is 2.82. The third kappa shape index (κ3) is 4.43. The van der Waals surface area contributed by atoms with E-state index in [9.17, 15) is 4.79 Å². The van der Waals surface area contributed by atoms with Crippen molar-refractivity contribution >= 4 is 23.7 Å². The van der Waals surface area contributed by atoms with Crippen molar-refractivity contribution in [2.75, 3.05) is 31.8 Å². The molecule has 8 heteroatoms. The van der Waals surface area contributed by atoms with Crippen molar-refractivity contribution in [1.82, 2.24) is 15.0 Å². The summed E-state index contributed by atoms with van der Waals surface area (Å²) in [5.41, 5.74) is 0. The average molecular weight is 258 g/mol. The lowest BCUT2D eigenvalue weighted by Gasteiger charge is -2.05. The Bertz CT molecular complexity index is 389. The highest BCUT2D eigenvalue weighted by Gasteiger charge is 2.09. The lowest BCUT2D eigenvalue weighted by molar-refractivity contribution is -0.137. The Labute approximate surface area is 103 Å². The predicted octanol–water partition coefficient (Wildman–Crippen LogP) is 0.577. The zero-order chi connectivity index (χ0) is 12.7. The zero-order valence-corrected chi connectivity index (χ0v) is 10.7. The van der Waals surface area contributed by atoms with E-state index in [-0.39, 0.29) is 17.7 Å². The molecule has 0 spiro atoms. The van der Waals surface area contributed by atoms with Gasteiger partial charge in [-0.15, -0.1) is 0 Å². The maximum atomic E-state index is 11.0. The fourth-order valence-corrected chi connectivity index (χ4v) is 1.57. The minimum Gasteiger partial charge on any atom is -0.468 e. The van der Waals surface area contributed by atoms with Crippen molar-refractivity contribution in [3.63, 3.8) is 0 Å². The summed E-state index contributed by atoms with van der Waals surface area (Å²) < 4.78 is 9.47. The fourth-order valence-electron chi connectivity index (χ4n) is 0.913. The molecule has 0 saturated carbocycles. The maximum Gasteiger partial charge on any atom is 0.321 e. The van der Waals surface area contributed by atoms with Crippen LogP contribution in [0.1, 0.15) is 6.92 Å². The number of ether oxygens (including phenoxy) is 2. The van der Waals surface area contributed by atoms with Gasteiger partial charge >= 0.3 is 12.0 Å². The lowest BCUT2D eigenvalue weighted by Crippen LogP contribution is -2.08. The molecule has 0 fully saturated rings. The van der Waals surface area contributed by atoms with Crippen LogP contribution in [0.3, 0.4) is 0 Å². The van der Waals surface area contributed by atoms with Crippen molar-refractivity contribution in [3.05, 3.63) is 0 Å². The van der Waals surface area contributed by atoms with Crippen molar-refractivity contribution < 1.29 is 14.3 Å². The van der Waals surface area contributed by atoms with Gasteiger partial charge in [-0.05, 0) is 6.92 Å². The van der Waals surface area contributed by atoms with Gasteiger partial charge in [0.1, 0.15) is 0 Å². The smallest absolute Gasteiger partial charge is 0.321 e. The van der Waals surface area contributed by atoms with Crippen molar-refractivity contribution in [3.8, 4) is 6.01 Å². The number of rotatable bonds is 6. The van der Waals surface area contributed by atoms with Gasteiger partial charge in [0.05, 0.1) is 20.0 Å². The topological polar surface area (TPSA) is 86.2 Å². The fraction of sp³-hybridized carbons (Fsp3) is 0.556. The van der Waals surface area contributed by atoms with E-state index in [1.54, 1.807) is 0 Å². The lowest BCUT2D eigenvalue weighted by atomic mass is 10.7. The molecule has 17 heavy (non-hydrogen) atoms. The van der Waals surface area contributed by atoms with Gasteiger partial charge in [-0.3, -0.25) is 4.79 Å². The number of carbonyl (C=O) groups is 1. The predicted molar refractivity (Wildman–Crippen MR) is 63.3 cm³/mol. The molecule has 1 aromatic heterocycles. The highest BCUT2D eigenvalue weighted by atomic mass is 32.2. The van der Waals surface area contributed by atoms with Gasteiger partial charge in [-0.1, -0.05) is 11.8 Å². The van der Waals surface area contributed by atoms with Gasteiger partial charge in [0.25, 0.3) is 0 Å². The van der Waals surface area contributed by atoms with Crippen LogP contribution in [0.4, 0.5) is 5.95 Å². The van der Waals surface area contributed by atoms with E-state index in [1.165, 1.54) is 26.0 Å². The maximum absolute atomic E-state index is 11.0. The summed E-state index contributed by atoms with van der Waals surface area (Å²) in [5, 5.41) is 3.37. The first-order valence-electron chi connectivity index (χ1n) is 4.93. The minimum atomic E-state index is -0.334. The van der Waals surface area contributed by atoms with Crippen LogP contribution in [0, 0.1) is 0 Å². The summed E-state index contributed by atoms with van der Waals surface area (Å²) in [6.07, 6.45) is 0. The number of hydrogen-bond acceptors (Lipinski definition) is 8. The van der Waals surface area contributed by atoms with Crippen LogP contribution in [0.5, 0.6) is 6.01 Å². The standard InChI is InChI=1S/C9H14N4O3S/c1-4-10-7-11-8(16-3)13-9(12-7)17-5-6(14)15-2/h4-5H2,1-3H3,(H,10,11,12,13). The normalized spacial score (nSPS) is 9.82. The van der Waals surface area contributed by atoms with Crippen molar-refractivity contribution in [1.29, 1.82) is 0 Å². The highest BCUT2D eigenvalue weighted by Crippen LogP contribution is 2.17. The molecule has 1 N–H and O–H groups in total. The third-order valence-corrected chi connectivity index (χ3v) is 2.48. The number of anilines is 1. The Morgan fingerprint density at radius 1 is 1.35 bits per heavy atom. The molecule has 94 valence electrons. The van der Waals surface area contributed by atoms with Crippen molar-refractivity contribution in [2.45, 2.75) is 12.1 Å². The van der Waals surface area contributed by atoms with E-state index in [0.29, 0.717) is 17.6 Å². The number of nitrogens with one attached hydrogen (secondary N) is 1. The molecule has 0 bridgehead atoms. The van der Waals surface area contributed by atoms with Gasteiger partial charge in [0, 0.05) is 6.54 Å². The SMILES string of the molecule is CCNc1nc(OC)nc(SCC(=O)OC)n1. The molecule has 0 saturated heterocycles. The molecule has 0 amide bonds. The highest BCUT2D eigenvalue weighted by molar-refractivity contribution is 7.99. The first kappa shape index (κ1) is 13.5. The van der Waals surface area contributed by atoms with Gasteiger partial charge in [0.15, 0.2) is 5.16 Å². The molecule has 1 rings (SSSR count). The number of nitrogens with zero attached hydrogens (tertiary/aromatic N) is 3. The molecular weight excluding hydrogens is 244 g/mol. The van der Waals surface area contributed by atoms with Crippen LogP contribution in [-0.4, -0.2) is 47.4 Å². The van der Waals surface area contributed by atoms with Crippen LogP contribution in [-0.2, 0) is 9.53 Å². The summed E-state index contributed by atoms with van der Waals surface area (Å²) in [6.45, 7) is 2.62. The molecule has 0 aliphatic heterocycles. The molecule has 0 aromatic carbocycles. The van der Waals surface area contributed by atoms with Crippen LogP contribution >= 0.6 is 11.8 Å². The Hall–Kier alpha value is -1.57. The molecule has 1 heterocycles. The first-order valence-corrected chi connectivity index (χ1v) is 5.91. The zero-order valence-electron chi connectivity index (χ0n) is 9.89. The number of hydrogen-bond donors (Lipinski definition) is 1. The first-order chi connectivity index (χ1) is 8.19. The van der Waals surface area contributed by atoms with E-state index in [1.807, 2.05) is 6.92 Å². The second kappa shape index (κ2) is 6.89. The monoisotopic (exact) mass is 258 g/mol. The van der Waals surface area contributed by atoms with Crippen LogP contribution in [0.15, 0.2) is 5.16 Å². The van der Waals surface area contributed by atoms with Crippen LogP contribution in [0.2, 0.25) is 0 Å². The average Bonchev–Trinajstić information content (AvgIpc) is 2.36. The summed E-state index contributed by atoms with van der Waals surface area (Å²) in [7, 11) is 2.81. The Morgan fingerprint density at radius 2 is 2.12 bits per heavy atom. The van der Waals surface area contributed by atoms with Gasteiger partial charge in [-0.2, -0.15) is 15.0 Å². The summed E-state index contributed by atoms with van der Waals surface area (Å²) in [4.78, 5) is 23.1.